The minimum atomic E-state index is -0.0664. The second-order valence-electron chi connectivity index (χ2n) is 5.15. The maximum Gasteiger partial charge on any atom is 0.230 e. The van der Waals surface area contributed by atoms with E-state index in [-0.39, 0.29) is 5.91 Å². The second kappa shape index (κ2) is 7.68. The first-order valence-corrected chi connectivity index (χ1v) is 9.68. The van der Waals surface area contributed by atoms with Crippen molar-refractivity contribution in [3.8, 4) is 5.75 Å². The van der Waals surface area contributed by atoms with Gasteiger partial charge in [-0.15, -0.1) is 11.8 Å². The number of carbonyl (C=O) groups is 1. The van der Waals surface area contributed by atoms with E-state index in [9.17, 15) is 4.79 Å². The van der Waals surface area contributed by atoms with Crippen LogP contribution in [0.4, 0.5) is 5.13 Å². The van der Waals surface area contributed by atoms with Crippen molar-refractivity contribution in [1.82, 2.24) is 4.98 Å². The molecule has 0 fully saturated rings. The lowest BCUT2D eigenvalue weighted by Gasteiger charge is -2.05. The van der Waals surface area contributed by atoms with Crippen molar-refractivity contribution in [1.29, 1.82) is 0 Å². The van der Waals surface area contributed by atoms with Gasteiger partial charge in [-0.3, -0.25) is 4.79 Å². The Morgan fingerprint density at radius 1 is 1.25 bits per heavy atom. The van der Waals surface area contributed by atoms with Gasteiger partial charge >= 0.3 is 0 Å². The molecule has 0 aliphatic heterocycles. The van der Waals surface area contributed by atoms with E-state index in [0.717, 1.165) is 21.5 Å². The van der Waals surface area contributed by atoms with Crippen molar-refractivity contribution < 1.29 is 9.53 Å². The molecule has 6 heteroatoms. The van der Waals surface area contributed by atoms with Crippen LogP contribution in [-0.4, -0.2) is 23.8 Å². The molecular weight excluding hydrogens is 340 g/mol. The standard InChI is InChI=1S/C18H18N2O2S2/c1-3-22-13-6-4-12(5-7-13)10-17(21)20-18-19-15-9-8-14(23-2)11-16(15)24-18/h4-9,11H,3,10H2,1-2H3,(H,19,20,21). The Balaban J connectivity index is 1.65. The first-order chi connectivity index (χ1) is 11.7. The predicted molar refractivity (Wildman–Crippen MR) is 101 cm³/mol. The summed E-state index contributed by atoms with van der Waals surface area (Å²) in [4.78, 5) is 17.9. The molecule has 24 heavy (non-hydrogen) atoms. The van der Waals surface area contributed by atoms with E-state index in [0.29, 0.717) is 18.2 Å². The summed E-state index contributed by atoms with van der Waals surface area (Å²) in [6.07, 6.45) is 2.36. The van der Waals surface area contributed by atoms with Gasteiger partial charge < -0.3 is 10.1 Å². The Kier molecular flexibility index (Phi) is 5.37. The maximum atomic E-state index is 12.2. The highest BCUT2D eigenvalue weighted by molar-refractivity contribution is 7.98. The van der Waals surface area contributed by atoms with E-state index >= 15 is 0 Å². The van der Waals surface area contributed by atoms with Gasteiger partial charge in [-0.05, 0) is 49.1 Å². The van der Waals surface area contributed by atoms with Crippen molar-refractivity contribution in [3.05, 3.63) is 48.0 Å². The summed E-state index contributed by atoms with van der Waals surface area (Å²) < 4.78 is 6.49. The number of nitrogens with zero attached hydrogens (tertiary/aromatic N) is 1. The van der Waals surface area contributed by atoms with Gasteiger partial charge in [-0.25, -0.2) is 4.98 Å². The number of benzene rings is 2. The molecule has 0 unspecified atom stereocenters. The Bertz CT molecular complexity index is 844. The van der Waals surface area contributed by atoms with Gasteiger partial charge in [0.05, 0.1) is 23.2 Å². The number of hydrogen-bond donors (Lipinski definition) is 1. The zero-order chi connectivity index (χ0) is 16.9. The quantitative estimate of drug-likeness (QED) is 0.654. The van der Waals surface area contributed by atoms with E-state index < -0.39 is 0 Å². The summed E-state index contributed by atoms with van der Waals surface area (Å²) in [5, 5.41) is 3.53. The molecule has 1 N–H and O–H groups in total. The third kappa shape index (κ3) is 4.07. The summed E-state index contributed by atoms with van der Waals surface area (Å²) in [6, 6.07) is 13.7. The van der Waals surface area contributed by atoms with E-state index in [4.69, 9.17) is 4.74 Å². The highest BCUT2D eigenvalue weighted by atomic mass is 32.2. The number of rotatable bonds is 6. The predicted octanol–water partition coefficient (Wildman–Crippen LogP) is 4.60. The molecule has 3 rings (SSSR count). The number of thiazole rings is 1. The van der Waals surface area contributed by atoms with E-state index in [1.54, 1.807) is 11.8 Å². The minimum Gasteiger partial charge on any atom is -0.494 e. The van der Waals surface area contributed by atoms with Crippen molar-refractivity contribution >= 4 is 44.4 Å². The van der Waals surface area contributed by atoms with Crippen LogP contribution < -0.4 is 10.1 Å². The molecule has 4 nitrogen and oxygen atoms in total. The maximum absolute atomic E-state index is 12.2. The molecule has 2 aromatic carbocycles. The third-order valence-corrected chi connectivity index (χ3v) is 5.10. The van der Waals surface area contributed by atoms with Gasteiger partial charge in [0.2, 0.25) is 5.91 Å². The third-order valence-electron chi connectivity index (χ3n) is 3.44. The highest BCUT2D eigenvalue weighted by Gasteiger charge is 2.09. The summed E-state index contributed by atoms with van der Waals surface area (Å²) in [5.74, 6) is 0.751. The molecule has 0 spiro atoms. The zero-order valence-corrected chi connectivity index (χ0v) is 15.2. The molecule has 124 valence electrons. The number of ether oxygens (including phenoxy) is 1. The van der Waals surface area contributed by atoms with Crippen LogP contribution in [0.1, 0.15) is 12.5 Å². The Labute approximate surface area is 149 Å². The van der Waals surface area contributed by atoms with E-state index in [1.165, 1.54) is 16.2 Å². The lowest BCUT2D eigenvalue weighted by molar-refractivity contribution is -0.115. The Hall–Kier alpha value is -2.05. The van der Waals surface area contributed by atoms with Crippen LogP contribution in [0.3, 0.4) is 0 Å². The van der Waals surface area contributed by atoms with Crippen molar-refractivity contribution in [2.24, 2.45) is 0 Å². The van der Waals surface area contributed by atoms with Gasteiger partial charge in [0.1, 0.15) is 5.75 Å². The molecule has 0 atom stereocenters. The Morgan fingerprint density at radius 3 is 2.75 bits per heavy atom. The minimum absolute atomic E-state index is 0.0664. The van der Waals surface area contributed by atoms with E-state index in [1.807, 2.05) is 49.6 Å². The van der Waals surface area contributed by atoms with E-state index in [2.05, 4.69) is 16.4 Å². The lowest BCUT2D eigenvalue weighted by Crippen LogP contribution is -2.14. The van der Waals surface area contributed by atoms with Gasteiger partial charge in [-0.2, -0.15) is 0 Å². The number of hydrogen-bond acceptors (Lipinski definition) is 5. The number of carbonyl (C=O) groups excluding carboxylic acids is 1. The number of fused-ring (bicyclic) bond motifs is 1. The average molecular weight is 358 g/mol. The molecule has 3 aromatic rings. The summed E-state index contributed by atoms with van der Waals surface area (Å²) >= 11 is 3.19. The summed E-state index contributed by atoms with van der Waals surface area (Å²) in [7, 11) is 0. The molecule has 0 radical (unpaired) electrons. The SMILES string of the molecule is CCOc1ccc(CC(=O)Nc2nc3ccc(SC)cc3s2)cc1. The molecule has 1 amide bonds. The van der Waals surface area contributed by atoms with Crippen LogP contribution in [-0.2, 0) is 11.2 Å². The first kappa shape index (κ1) is 16.8. The van der Waals surface area contributed by atoms with Crippen molar-refractivity contribution in [2.45, 2.75) is 18.2 Å². The number of amides is 1. The van der Waals surface area contributed by atoms with Gasteiger partial charge in [0.25, 0.3) is 0 Å². The van der Waals surface area contributed by atoms with Crippen molar-refractivity contribution in [2.75, 3.05) is 18.2 Å². The fourth-order valence-corrected chi connectivity index (χ4v) is 3.74. The van der Waals surface area contributed by atoms with Gasteiger partial charge in [0.15, 0.2) is 5.13 Å². The topological polar surface area (TPSA) is 51.2 Å². The van der Waals surface area contributed by atoms with Crippen LogP contribution in [0, 0.1) is 0 Å². The zero-order valence-electron chi connectivity index (χ0n) is 13.5. The van der Waals surface area contributed by atoms with Gasteiger partial charge in [0, 0.05) is 4.90 Å². The molecule has 0 saturated heterocycles. The van der Waals surface area contributed by atoms with Crippen molar-refractivity contribution in [3.63, 3.8) is 0 Å². The summed E-state index contributed by atoms with van der Waals surface area (Å²) in [5.41, 5.74) is 1.86. The average Bonchev–Trinajstić information content (AvgIpc) is 2.97. The van der Waals surface area contributed by atoms with Crippen LogP contribution in [0.2, 0.25) is 0 Å². The fourth-order valence-electron chi connectivity index (χ4n) is 2.30. The molecule has 0 bridgehead atoms. The summed E-state index contributed by atoms with van der Waals surface area (Å²) in [6.45, 7) is 2.58. The van der Waals surface area contributed by atoms with Crippen LogP contribution >= 0.6 is 23.1 Å². The molecule has 1 aromatic heterocycles. The molecule has 0 aliphatic carbocycles. The normalized spacial score (nSPS) is 10.8. The number of aromatic nitrogens is 1. The van der Waals surface area contributed by atoms with Crippen LogP contribution in [0.5, 0.6) is 5.75 Å². The van der Waals surface area contributed by atoms with Gasteiger partial charge in [-0.1, -0.05) is 23.5 Å². The number of anilines is 1. The Morgan fingerprint density at radius 2 is 2.04 bits per heavy atom. The first-order valence-electron chi connectivity index (χ1n) is 7.64. The second-order valence-corrected chi connectivity index (χ2v) is 7.06. The van der Waals surface area contributed by atoms with Crippen LogP contribution in [0.15, 0.2) is 47.4 Å². The largest absolute Gasteiger partial charge is 0.494 e. The fraction of sp³-hybridized carbons (Fsp3) is 0.222. The molecule has 1 heterocycles. The molecular formula is C18H18N2O2S2. The smallest absolute Gasteiger partial charge is 0.230 e. The monoisotopic (exact) mass is 358 g/mol. The van der Waals surface area contributed by atoms with Crippen LogP contribution in [0.25, 0.3) is 10.2 Å². The lowest BCUT2D eigenvalue weighted by atomic mass is 10.1. The highest BCUT2D eigenvalue weighted by Crippen LogP contribution is 2.29. The molecule has 0 saturated carbocycles. The molecule has 0 aliphatic rings. The number of thioether (sulfide) groups is 1. The number of nitrogens with one attached hydrogen (secondary N) is 1.